The van der Waals surface area contributed by atoms with E-state index in [1.165, 1.54) is 18.2 Å². The first-order chi connectivity index (χ1) is 12.5. The summed E-state index contributed by atoms with van der Waals surface area (Å²) in [6.45, 7) is 1.98. The molecule has 4 rings (SSSR count). The van der Waals surface area contributed by atoms with Crippen molar-refractivity contribution >= 4 is 22.6 Å². The first-order valence-corrected chi connectivity index (χ1v) is 8.14. The van der Waals surface area contributed by atoms with Crippen molar-refractivity contribution in [2.24, 2.45) is 0 Å². The molecule has 0 bridgehead atoms. The Balaban J connectivity index is 1.95. The highest BCUT2D eigenvalue weighted by molar-refractivity contribution is 5.99. The van der Waals surface area contributed by atoms with Crippen molar-refractivity contribution in [1.29, 1.82) is 0 Å². The SMILES string of the molecule is CCc1ccc2oc3c(c(=O)c2c1)C(c1cccc([N+](=O)[O-])c1)NC3=O. The number of amides is 1. The Hall–Kier alpha value is -3.48. The molecule has 0 fully saturated rings. The summed E-state index contributed by atoms with van der Waals surface area (Å²) in [5.74, 6) is -0.543. The van der Waals surface area contributed by atoms with Gasteiger partial charge in [-0.15, -0.1) is 0 Å². The minimum Gasteiger partial charge on any atom is -0.450 e. The van der Waals surface area contributed by atoms with Crippen molar-refractivity contribution in [3.8, 4) is 0 Å². The van der Waals surface area contributed by atoms with E-state index in [-0.39, 0.29) is 22.4 Å². The van der Waals surface area contributed by atoms with Gasteiger partial charge in [0, 0.05) is 12.1 Å². The number of non-ortho nitro benzene ring substituents is 1. The van der Waals surface area contributed by atoms with Crippen LogP contribution in [0.25, 0.3) is 11.0 Å². The molecule has 7 heteroatoms. The lowest BCUT2D eigenvalue weighted by molar-refractivity contribution is -0.384. The first-order valence-electron chi connectivity index (χ1n) is 8.14. The number of nitrogens with zero attached hydrogens (tertiary/aromatic N) is 1. The van der Waals surface area contributed by atoms with Gasteiger partial charge in [-0.05, 0) is 29.7 Å². The third kappa shape index (κ3) is 2.36. The minimum absolute atomic E-state index is 0.0387. The van der Waals surface area contributed by atoms with E-state index in [0.29, 0.717) is 16.5 Å². The number of nitro benzene ring substituents is 1. The summed E-state index contributed by atoms with van der Waals surface area (Å²) in [7, 11) is 0. The number of hydrogen-bond donors (Lipinski definition) is 1. The molecule has 0 saturated carbocycles. The van der Waals surface area contributed by atoms with Crippen LogP contribution in [0.1, 0.15) is 40.2 Å². The number of nitro groups is 1. The lowest BCUT2D eigenvalue weighted by Crippen LogP contribution is -2.22. The van der Waals surface area contributed by atoms with Crippen molar-refractivity contribution < 1.29 is 14.1 Å². The van der Waals surface area contributed by atoms with Crippen LogP contribution in [0.3, 0.4) is 0 Å². The zero-order valence-corrected chi connectivity index (χ0v) is 13.8. The van der Waals surface area contributed by atoms with Crippen molar-refractivity contribution in [3.63, 3.8) is 0 Å². The molecule has 0 saturated heterocycles. The van der Waals surface area contributed by atoms with E-state index in [0.717, 1.165) is 12.0 Å². The second-order valence-corrected chi connectivity index (χ2v) is 6.12. The Morgan fingerprint density at radius 1 is 1.19 bits per heavy atom. The summed E-state index contributed by atoms with van der Waals surface area (Å²) in [6.07, 6.45) is 0.762. The van der Waals surface area contributed by atoms with Gasteiger partial charge in [-0.1, -0.05) is 25.1 Å². The van der Waals surface area contributed by atoms with Gasteiger partial charge in [-0.25, -0.2) is 0 Å². The summed E-state index contributed by atoms with van der Waals surface area (Å²) in [5, 5.41) is 14.1. The summed E-state index contributed by atoms with van der Waals surface area (Å²) >= 11 is 0. The fraction of sp³-hybridized carbons (Fsp3) is 0.158. The Kier molecular flexibility index (Phi) is 3.57. The molecule has 1 N–H and O–H groups in total. The van der Waals surface area contributed by atoms with Crippen LogP contribution >= 0.6 is 0 Å². The lowest BCUT2D eigenvalue weighted by atomic mass is 9.98. The molecule has 3 aromatic rings. The van der Waals surface area contributed by atoms with Gasteiger partial charge in [0.1, 0.15) is 5.58 Å². The van der Waals surface area contributed by atoms with Crippen molar-refractivity contribution in [2.45, 2.75) is 19.4 Å². The van der Waals surface area contributed by atoms with E-state index in [1.54, 1.807) is 18.2 Å². The molecule has 7 nitrogen and oxygen atoms in total. The van der Waals surface area contributed by atoms with E-state index in [9.17, 15) is 19.7 Å². The molecule has 1 amide bonds. The van der Waals surface area contributed by atoms with Gasteiger partial charge in [0.15, 0.2) is 5.43 Å². The van der Waals surface area contributed by atoms with Gasteiger partial charge >= 0.3 is 0 Å². The predicted molar refractivity (Wildman–Crippen MR) is 94.3 cm³/mol. The molecule has 2 aromatic carbocycles. The third-order valence-corrected chi connectivity index (χ3v) is 4.58. The van der Waals surface area contributed by atoms with E-state index in [1.807, 2.05) is 13.0 Å². The monoisotopic (exact) mass is 350 g/mol. The van der Waals surface area contributed by atoms with Crippen molar-refractivity contribution in [3.05, 3.63) is 85.3 Å². The average molecular weight is 350 g/mol. The van der Waals surface area contributed by atoms with Gasteiger partial charge in [0.2, 0.25) is 5.76 Å². The summed E-state index contributed by atoms with van der Waals surface area (Å²) in [5.41, 5.74) is 1.57. The molecule has 130 valence electrons. The van der Waals surface area contributed by atoms with Crippen molar-refractivity contribution in [2.75, 3.05) is 0 Å². The maximum absolute atomic E-state index is 13.1. The molecule has 2 heterocycles. The third-order valence-electron chi connectivity index (χ3n) is 4.58. The summed E-state index contributed by atoms with van der Waals surface area (Å²) in [6, 6.07) is 10.4. The van der Waals surface area contributed by atoms with Gasteiger partial charge < -0.3 is 9.73 Å². The molecule has 1 aromatic heterocycles. The van der Waals surface area contributed by atoms with Gasteiger partial charge in [-0.3, -0.25) is 19.7 Å². The molecule has 0 aliphatic carbocycles. The standard InChI is InChI=1S/C19H14N2O5/c1-2-10-6-7-14-13(8-10)17(22)15-16(20-19(23)18(15)26-14)11-4-3-5-12(9-11)21(24)25/h3-9,16H,2H2,1H3,(H,20,23). The number of hydrogen-bond acceptors (Lipinski definition) is 5. The number of fused-ring (bicyclic) bond motifs is 2. The topological polar surface area (TPSA) is 102 Å². The van der Waals surface area contributed by atoms with Crippen LogP contribution in [0.4, 0.5) is 5.69 Å². The zero-order chi connectivity index (χ0) is 18.4. The molecular formula is C19H14N2O5. The smallest absolute Gasteiger partial charge is 0.288 e. The fourth-order valence-electron chi connectivity index (χ4n) is 3.24. The maximum atomic E-state index is 13.1. The molecule has 1 aliphatic heterocycles. The predicted octanol–water partition coefficient (Wildman–Crippen LogP) is 3.10. The van der Waals surface area contributed by atoms with E-state index in [4.69, 9.17) is 4.42 Å². The van der Waals surface area contributed by atoms with Crippen LogP contribution < -0.4 is 10.7 Å². The van der Waals surface area contributed by atoms with Crippen LogP contribution in [0.5, 0.6) is 0 Å². The Morgan fingerprint density at radius 2 is 2.00 bits per heavy atom. The average Bonchev–Trinajstić information content (AvgIpc) is 2.99. The molecule has 1 aliphatic rings. The van der Waals surface area contributed by atoms with Crippen molar-refractivity contribution in [1.82, 2.24) is 5.32 Å². The number of nitrogens with one attached hydrogen (secondary N) is 1. The highest BCUT2D eigenvalue weighted by Gasteiger charge is 2.36. The quantitative estimate of drug-likeness (QED) is 0.577. The zero-order valence-electron chi connectivity index (χ0n) is 13.8. The molecule has 0 radical (unpaired) electrons. The van der Waals surface area contributed by atoms with Gasteiger partial charge in [0.05, 0.1) is 21.9 Å². The number of rotatable bonds is 3. The van der Waals surface area contributed by atoms with Gasteiger partial charge in [-0.2, -0.15) is 0 Å². The molecule has 1 atom stereocenters. The second-order valence-electron chi connectivity index (χ2n) is 6.12. The summed E-state index contributed by atoms with van der Waals surface area (Å²) in [4.78, 5) is 35.9. The van der Waals surface area contributed by atoms with E-state index in [2.05, 4.69) is 5.32 Å². The maximum Gasteiger partial charge on any atom is 0.288 e. The van der Waals surface area contributed by atoms with Crippen LogP contribution in [-0.2, 0) is 6.42 Å². The van der Waals surface area contributed by atoms with Gasteiger partial charge in [0.25, 0.3) is 11.6 Å². The second kappa shape index (κ2) is 5.80. The Bertz CT molecular complexity index is 1130. The first kappa shape index (κ1) is 16.0. The number of benzene rings is 2. The molecule has 1 unspecified atom stereocenters. The van der Waals surface area contributed by atoms with E-state index < -0.39 is 16.9 Å². The van der Waals surface area contributed by atoms with E-state index >= 15 is 0 Å². The van der Waals surface area contributed by atoms with Crippen LogP contribution in [-0.4, -0.2) is 10.8 Å². The number of carbonyl (C=O) groups is 1. The van der Waals surface area contributed by atoms with Crippen LogP contribution in [0.2, 0.25) is 0 Å². The van der Waals surface area contributed by atoms with Crippen LogP contribution in [0.15, 0.2) is 51.7 Å². The fourth-order valence-corrected chi connectivity index (χ4v) is 3.24. The number of aryl methyl sites for hydroxylation is 1. The Labute approximate surface area is 147 Å². The highest BCUT2D eigenvalue weighted by atomic mass is 16.6. The normalized spacial score (nSPS) is 15.7. The molecule has 26 heavy (non-hydrogen) atoms. The Morgan fingerprint density at radius 3 is 2.73 bits per heavy atom. The lowest BCUT2D eigenvalue weighted by Gasteiger charge is -2.11. The molecular weight excluding hydrogens is 336 g/mol. The summed E-state index contributed by atoms with van der Waals surface area (Å²) < 4.78 is 5.68. The number of carbonyl (C=O) groups excluding carboxylic acids is 1. The molecule has 0 spiro atoms. The highest BCUT2D eigenvalue weighted by Crippen LogP contribution is 2.32. The minimum atomic E-state index is -0.775. The van der Waals surface area contributed by atoms with Crippen LogP contribution in [0, 0.1) is 10.1 Å². The largest absolute Gasteiger partial charge is 0.450 e.